The van der Waals surface area contributed by atoms with E-state index in [-0.39, 0.29) is 48.0 Å². The van der Waals surface area contributed by atoms with Crippen LogP contribution in [0.4, 0.5) is 0 Å². The van der Waals surface area contributed by atoms with Crippen LogP contribution in [0.1, 0.15) is 80.1 Å². The first-order valence-electron chi connectivity index (χ1n) is 14.6. The number of carbonyl (C=O) groups excluding carboxylic acids is 3. The van der Waals surface area contributed by atoms with Crippen LogP contribution < -0.4 is 0 Å². The third-order valence-electron chi connectivity index (χ3n) is 11.2. The summed E-state index contributed by atoms with van der Waals surface area (Å²) in [5.74, 6) is -1.23. The highest BCUT2D eigenvalue weighted by molar-refractivity contribution is 6.74. The first-order chi connectivity index (χ1) is 17.9. The van der Waals surface area contributed by atoms with E-state index in [2.05, 4.69) is 40.8 Å². The number of ether oxygens (including phenoxy) is 1. The van der Waals surface area contributed by atoms with Crippen molar-refractivity contribution in [2.75, 3.05) is 6.61 Å². The maximum absolute atomic E-state index is 14.1. The van der Waals surface area contributed by atoms with Crippen molar-refractivity contribution in [1.29, 1.82) is 0 Å². The minimum atomic E-state index is -2.29. The molecule has 0 saturated heterocycles. The SMILES string of the molecule is CCCC(=O)O[C@@H]1C[C@H]2[C@@H]3CCC4=CC(=O)C=C[C@]4(C)[C@H]3[C@@H](O)C[C@]2(C)[C@@]1(O)C(=O)CO[Si](C)(C)C(C)(C)C. The fourth-order valence-electron chi connectivity index (χ4n) is 7.94. The molecule has 0 spiro atoms. The molecule has 0 amide bonds. The van der Waals surface area contributed by atoms with Gasteiger partial charge >= 0.3 is 5.97 Å². The zero-order chi connectivity index (χ0) is 29.2. The van der Waals surface area contributed by atoms with Crippen LogP contribution in [0, 0.1) is 28.6 Å². The van der Waals surface area contributed by atoms with Gasteiger partial charge in [0.2, 0.25) is 0 Å². The quantitative estimate of drug-likeness (QED) is 0.336. The molecule has 7 nitrogen and oxygen atoms in total. The Morgan fingerprint density at radius 2 is 1.87 bits per heavy atom. The van der Waals surface area contributed by atoms with Gasteiger partial charge in [0.15, 0.2) is 25.5 Å². The van der Waals surface area contributed by atoms with Crippen LogP contribution in [0.15, 0.2) is 23.8 Å². The van der Waals surface area contributed by atoms with Crippen molar-refractivity contribution in [1.82, 2.24) is 0 Å². The molecule has 8 heteroatoms. The van der Waals surface area contributed by atoms with Gasteiger partial charge in [0.25, 0.3) is 0 Å². The fourth-order valence-corrected chi connectivity index (χ4v) is 8.87. The summed E-state index contributed by atoms with van der Waals surface area (Å²) in [5, 5.41) is 24.1. The summed E-state index contributed by atoms with van der Waals surface area (Å²) in [7, 11) is -2.29. The second-order valence-electron chi connectivity index (χ2n) is 14.4. The van der Waals surface area contributed by atoms with Crippen molar-refractivity contribution >= 4 is 25.9 Å². The highest BCUT2D eigenvalue weighted by Crippen LogP contribution is 2.67. The van der Waals surface area contributed by atoms with E-state index < -0.39 is 48.7 Å². The summed E-state index contributed by atoms with van der Waals surface area (Å²) in [6.07, 6.45) is 6.28. The number of Topliss-reactive ketones (excluding diaryl/α,β-unsaturated/α-hetero) is 1. The number of esters is 1. The molecule has 0 heterocycles. The molecule has 4 aliphatic carbocycles. The summed E-state index contributed by atoms with van der Waals surface area (Å²) in [4.78, 5) is 38.9. The number of allylic oxidation sites excluding steroid dienone is 4. The van der Waals surface area contributed by atoms with Crippen LogP contribution in [0.5, 0.6) is 0 Å². The minimum Gasteiger partial charge on any atom is -0.459 e. The van der Waals surface area contributed by atoms with Crippen LogP contribution >= 0.6 is 0 Å². The summed E-state index contributed by atoms with van der Waals surface area (Å²) in [6.45, 7) is 16.0. The summed E-state index contributed by atoms with van der Waals surface area (Å²) < 4.78 is 12.2. The van der Waals surface area contributed by atoms with Crippen LogP contribution in [-0.4, -0.2) is 60.5 Å². The molecule has 0 aromatic rings. The van der Waals surface area contributed by atoms with Crippen LogP contribution in [0.25, 0.3) is 0 Å². The Bertz CT molecular complexity index is 1090. The molecule has 0 radical (unpaired) electrons. The van der Waals surface area contributed by atoms with E-state index in [0.29, 0.717) is 19.3 Å². The lowest BCUT2D eigenvalue weighted by Crippen LogP contribution is -2.64. The number of aliphatic hydroxyl groups is 2. The van der Waals surface area contributed by atoms with E-state index in [1.807, 2.05) is 19.9 Å². The molecule has 2 N–H and O–H groups in total. The molecule has 8 atom stereocenters. The van der Waals surface area contributed by atoms with Crippen molar-refractivity contribution in [2.24, 2.45) is 28.6 Å². The monoisotopic (exact) mass is 560 g/mol. The Morgan fingerprint density at radius 1 is 1.21 bits per heavy atom. The first kappa shape index (κ1) is 30.3. The first-order valence-corrected chi connectivity index (χ1v) is 17.5. The predicted octanol–water partition coefficient (Wildman–Crippen LogP) is 4.91. The molecule has 3 saturated carbocycles. The molecule has 0 unspecified atom stereocenters. The van der Waals surface area contributed by atoms with Crippen molar-refractivity contribution < 1.29 is 33.8 Å². The molecule has 0 aliphatic heterocycles. The zero-order valence-electron chi connectivity index (χ0n) is 25.0. The third-order valence-corrected chi connectivity index (χ3v) is 15.7. The molecule has 218 valence electrons. The number of hydrogen-bond acceptors (Lipinski definition) is 7. The highest BCUT2D eigenvalue weighted by Gasteiger charge is 2.72. The van der Waals surface area contributed by atoms with E-state index in [9.17, 15) is 24.6 Å². The Hall–Kier alpha value is -1.61. The number of rotatable bonds is 7. The number of ketones is 2. The molecule has 4 aliphatic rings. The molecular formula is C31H48O7Si. The van der Waals surface area contributed by atoms with Crippen LogP contribution in [0.3, 0.4) is 0 Å². The Kier molecular flexibility index (Phi) is 7.81. The van der Waals surface area contributed by atoms with Gasteiger partial charge in [-0.3, -0.25) is 14.4 Å². The Morgan fingerprint density at radius 3 is 2.49 bits per heavy atom. The normalized spacial score (nSPS) is 39.9. The molecule has 0 aromatic carbocycles. The highest BCUT2D eigenvalue weighted by atomic mass is 28.4. The van der Waals surface area contributed by atoms with Crippen molar-refractivity contribution in [3.63, 3.8) is 0 Å². The van der Waals surface area contributed by atoms with Gasteiger partial charge in [-0.2, -0.15) is 0 Å². The second-order valence-corrected chi connectivity index (χ2v) is 19.2. The third kappa shape index (κ3) is 4.73. The van der Waals surface area contributed by atoms with Crippen LogP contribution in [-0.2, 0) is 23.5 Å². The van der Waals surface area contributed by atoms with Gasteiger partial charge in [-0.1, -0.05) is 53.2 Å². The largest absolute Gasteiger partial charge is 0.459 e. The van der Waals surface area contributed by atoms with Crippen LogP contribution in [0.2, 0.25) is 18.1 Å². The number of aliphatic hydroxyl groups excluding tert-OH is 1. The Balaban J connectivity index is 1.72. The summed E-state index contributed by atoms with van der Waals surface area (Å²) >= 11 is 0. The Labute approximate surface area is 234 Å². The molecule has 3 fully saturated rings. The van der Waals surface area contributed by atoms with Gasteiger partial charge in [-0.15, -0.1) is 0 Å². The number of hydrogen-bond donors (Lipinski definition) is 2. The summed E-state index contributed by atoms with van der Waals surface area (Å²) in [5.41, 5.74) is -2.39. The molecule has 0 bridgehead atoms. The van der Waals surface area contributed by atoms with E-state index in [1.54, 1.807) is 12.2 Å². The minimum absolute atomic E-state index is 0.00531. The van der Waals surface area contributed by atoms with Crippen molar-refractivity contribution in [3.05, 3.63) is 23.8 Å². The average molecular weight is 561 g/mol. The zero-order valence-corrected chi connectivity index (χ0v) is 26.0. The van der Waals surface area contributed by atoms with Gasteiger partial charge in [-0.25, -0.2) is 0 Å². The van der Waals surface area contributed by atoms with Gasteiger partial charge in [0.05, 0.1) is 12.7 Å². The average Bonchev–Trinajstić information content (AvgIpc) is 3.04. The maximum Gasteiger partial charge on any atom is 0.306 e. The lowest BCUT2D eigenvalue weighted by atomic mass is 9.46. The van der Waals surface area contributed by atoms with Gasteiger partial charge in [0, 0.05) is 23.2 Å². The second kappa shape index (κ2) is 10.0. The smallest absolute Gasteiger partial charge is 0.306 e. The molecular weight excluding hydrogens is 512 g/mol. The molecule has 4 rings (SSSR count). The molecule has 39 heavy (non-hydrogen) atoms. The van der Waals surface area contributed by atoms with E-state index >= 15 is 0 Å². The van der Waals surface area contributed by atoms with E-state index in [1.165, 1.54) is 0 Å². The van der Waals surface area contributed by atoms with Gasteiger partial charge in [-0.05, 0) is 74.2 Å². The number of fused-ring (bicyclic) bond motifs is 5. The number of carbonyl (C=O) groups is 3. The van der Waals surface area contributed by atoms with Gasteiger partial charge in [0.1, 0.15) is 6.10 Å². The maximum atomic E-state index is 14.1. The van der Waals surface area contributed by atoms with E-state index in [4.69, 9.17) is 9.16 Å². The van der Waals surface area contributed by atoms with E-state index in [0.717, 1.165) is 12.0 Å². The topological polar surface area (TPSA) is 110 Å². The molecule has 0 aromatic heterocycles. The van der Waals surface area contributed by atoms with Crippen molar-refractivity contribution in [3.8, 4) is 0 Å². The fraction of sp³-hybridized carbons (Fsp3) is 0.774. The lowest BCUT2D eigenvalue weighted by Gasteiger charge is -2.59. The standard InChI is InChI=1S/C31H48O7Si/c1-9-10-26(35)38-25-16-22-21-12-11-19-15-20(32)13-14-29(19,5)27(21)23(33)17-30(22,6)31(25,36)24(34)18-37-39(7,8)28(2,3)4/h13-15,21-23,25,27,33,36H,9-12,16-18H2,1-8H3/t21-,22-,23-,25+,27+,29-,30-,31+/m0/s1. The van der Waals surface area contributed by atoms with Crippen molar-refractivity contribution in [2.45, 2.75) is 116 Å². The van der Waals surface area contributed by atoms with Gasteiger partial charge < -0.3 is 19.4 Å². The lowest BCUT2D eigenvalue weighted by molar-refractivity contribution is -0.197. The predicted molar refractivity (Wildman–Crippen MR) is 151 cm³/mol. The summed E-state index contributed by atoms with van der Waals surface area (Å²) in [6, 6.07) is 0.